The molecule has 0 amide bonds. The van der Waals surface area contributed by atoms with E-state index in [1.165, 1.54) is 0 Å². The standard InChI is InChI=1S/C14H18O4/c1-16-12-7-10(9-4-5-11(15)6-9)8-13(17-2)14(12)18-3/h4-5,7-9,11,15H,6H2,1-3H3/t9-,11+/m0/s1. The molecular weight excluding hydrogens is 232 g/mol. The van der Waals surface area contributed by atoms with Crippen molar-refractivity contribution in [3.63, 3.8) is 0 Å². The largest absolute Gasteiger partial charge is 0.493 e. The van der Waals surface area contributed by atoms with Crippen molar-refractivity contribution >= 4 is 0 Å². The van der Waals surface area contributed by atoms with Gasteiger partial charge in [0.05, 0.1) is 27.4 Å². The van der Waals surface area contributed by atoms with E-state index in [9.17, 15) is 5.11 Å². The zero-order valence-electron chi connectivity index (χ0n) is 10.8. The van der Waals surface area contributed by atoms with E-state index in [4.69, 9.17) is 14.2 Å². The number of methoxy groups -OCH3 is 3. The van der Waals surface area contributed by atoms with Gasteiger partial charge in [0.2, 0.25) is 5.75 Å². The normalized spacial score (nSPS) is 22.0. The van der Waals surface area contributed by atoms with Gasteiger partial charge in [-0.25, -0.2) is 0 Å². The first kappa shape index (κ1) is 12.8. The molecule has 4 nitrogen and oxygen atoms in total. The number of ether oxygens (including phenoxy) is 3. The highest BCUT2D eigenvalue weighted by Crippen LogP contribution is 2.41. The van der Waals surface area contributed by atoms with Crippen molar-refractivity contribution in [3.05, 3.63) is 29.8 Å². The highest BCUT2D eigenvalue weighted by molar-refractivity contribution is 5.55. The fourth-order valence-electron chi connectivity index (χ4n) is 2.24. The maximum Gasteiger partial charge on any atom is 0.203 e. The van der Waals surface area contributed by atoms with Gasteiger partial charge in [0.15, 0.2) is 11.5 Å². The Hall–Kier alpha value is -1.68. The van der Waals surface area contributed by atoms with Crippen LogP contribution in [-0.2, 0) is 0 Å². The number of rotatable bonds is 4. The topological polar surface area (TPSA) is 47.9 Å². The molecule has 0 bridgehead atoms. The van der Waals surface area contributed by atoms with Crippen LogP contribution in [-0.4, -0.2) is 32.5 Å². The van der Waals surface area contributed by atoms with E-state index in [1.54, 1.807) is 21.3 Å². The number of hydrogen-bond donors (Lipinski definition) is 1. The molecule has 1 N–H and O–H groups in total. The third-order valence-electron chi connectivity index (χ3n) is 3.18. The van der Waals surface area contributed by atoms with Crippen molar-refractivity contribution in [2.24, 2.45) is 0 Å². The molecule has 0 fully saturated rings. The van der Waals surface area contributed by atoms with Crippen LogP contribution in [0, 0.1) is 0 Å². The molecule has 0 saturated carbocycles. The predicted molar refractivity (Wildman–Crippen MR) is 68.6 cm³/mol. The summed E-state index contributed by atoms with van der Waals surface area (Å²) in [5.74, 6) is 2.06. The molecule has 0 spiro atoms. The van der Waals surface area contributed by atoms with Gasteiger partial charge in [0, 0.05) is 5.92 Å². The summed E-state index contributed by atoms with van der Waals surface area (Å²) in [5, 5.41) is 9.54. The fourth-order valence-corrected chi connectivity index (χ4v) is 2.24. The second kappa shape index (κ2) is 5.31. The maximum absolute atomic E-state index is 9.54. The van der Waals surface area contributed by atoms with Gasteiger partial charge in [-0.2, -0.15) is 0 Å². The summed E-state index contributed by atoms with van der Waals surface area (Å²) >= 11 is 0. The summed E-state index contributed by atoms with van der Waals surface area (Å²) in [6.45, 7) is 0. The van der Waals surface area contributed by atoms with Crippen LogP contribution in [0.2, 0.25) is 0 Å². The Morgan fingerprint density at radius 3 is 2.00 bits per heavy atom. The first-order valence-electron chi connectivity index (χ1n) is 5.86. The third-order valence-corrected chi connectivity index (χ3v) is 3.18. The Morgan fingerprint density at radius 1 is 1.00 bits per heavy atom. The lowest BCUT2D eigenvalue weighted by atomic mass is 9.97. The lowest BCUT2D eigenvalue weighted by molar-refractivity contribution is 0.218. The predicted octanol–water partition coefficient (Wildman–Crippen LogP) is 2.12. The van der Waals surface area contributed by atoms with Crippen LogP contribution in [0.4, 0.5) is 0 Å². The van der Waals surface area contributed by atoms with Gasteiger partial charge in [0.25, 0.3) is 0 Å². The van der Waals surface area contributed by atoms with Crippen molar-refractivity contribution in [1.29, 1.82) is 0 Å². The van der Waals surface area contributed by atoms with Gasteiger partial charge in [-0.1, -0.05) is 12.2 Å². The van der Waals surface area contributed by atoms with Crippen molar-refractivity contribution in [2.45, 2.75) is 18.4 Å². The number of hydrogen-bond acceptors (Lipinski definition) is 4. The Morgan fingerprint density at radius 2 is 1.61 bits per heavy atom. The highest BCUT2D eigenvalue weighted by Gasteiger charge is 2.22. The summed E-state index contributed by atoms with van der Waals surface area (Å²) in [6.07, 6.45) is 4.15. The molecule has 1 aliphatic rings. The Labute approximate surface area is 107 Å². The van der Waals surface area contributed by atoms with E-state index in [2.05, 4.69) is 0 Å². The summed E-state index contributed by atoms with van der Waals surface area (Å²) in [6, 6.07) is 3.85. The van der Waals surface area contributed by atoms with Gasteiger partial charge < -0.3 is 19.3 Å². The first-order valence-corrected chi connectivity index (χ1v) is 5.86. The average Bonchev–Trinajstić information content (AvgIpc) is 2.83. The van der Waals surface area contributed by atoms with Gasteiger partial charge in [0.1, 0.15) is 0 Å². The minimum atomic E-state index is -0.367. The van der Waals surface area contributed by atoms with Gasteiger partial charge in [-0.15, -0.1) is 0 Å². The molecule has 0 saturated heterocycles. The van der Waals surface area contributed by atoms with Crippen LogP contribution < -0.4 is 14.2 Å². The molecule has 0 radical (unpaired) electrons. The number of allylic oxidation sites excluding steroid dienone is 1. The van der Waals surface area contributed by atoms with E-state index in [0.29, 0.717) is 23.7 Å². The summed E-state index contributed by atoms with van der Waals surface area (Å²) < 4.78 is 15.9. The lowest BCUT2D eigenvalue weighted by Crippen LogP contribution is -2.02. The minimum Gasteiger partial charge on any atom is -0.493 e. The monoisotopic (exact) mass is 250 g/mol. The third kappa shape index (κ3) is 2.29. The van der Waals surface area contributed by atoms with Crippen LogP contribution in [0.5, 0.6) is 17.2 Å². The quantitative estimate of drug-likeness (QED) is 0.831. The maximum atomic E-state index is 9.54. The van der Waals surface area contributed by atoms with E-state index in [0.717, 1.165) is 5.56 Å². The molecule has 1 aromatic rings. The molecule has 0 aliphatic heterocycles. The summed E-state index contributed by atoms with van der Waals surface area (Å²) in [5.41, 5.74) is 1.05. The second-order valence-corrected chi connectivity index (χ2v) is 4.25. The molecule has 18 heavy (non-hydrogen) atoms. The van der Waals surface area contributed by atoms with Gasteiger partial charge in [-0.05, 0) is 24.1 Å². The smallest absolute Gasteiger partial charge is 0.203 e. The molecule has 1 aromatic carbocycles. The molecule has 4 heteroatoms. The molecule has 98 valence electrons. The number of aliphatic hydroxyl groups excluding tert-OH is 1. The highest BCUT2D eigenvalue weighted by atomic mass is 16.5. The van der Waals surface area contributed by atoms with Crippen molar-refractivity contribution in [3.8, 4) is 17.2 Å². The van der Waals surface area contributed by atoms with E-state index < -0.39 is 0 Å². The molecule has 0 unspecified atom stereocenters. The SMILES string of the molecule is COc1cc([C@H]2C=C[C@@H](O)C2)cc(OC)c1OC. The van der Waals surface area contributed by atoms with Crippen LogP contribution in [0.1, 0.15) is 17.9 Å². The van der Waals surface area contributed by atoms with Gasteiger partial charge in [-0.3, -0.25) is 0 Å². The Kier molecular flexibility index (Phi) is 3.77. The number of benzene rings is 1. The Bertz CT molecular complexity index is 428. The molecular formula is C14H18O4. The molecule has 2 rings (SSSR count). The zero-order chi connectivity index (χ0) is 13.1. The average molecular weight is 250 g/mol. The minimum absolute atomic E-state index is 0.189. The zero-order valence-corrected chi connectivity index (χ0v) is 10.8. The van der Waals surface area contributed by atoms with Crippen LogP contribution in [0.15, 0.2) is 24.3 Å². The summed E-state index contributed by atoms with van der Waals surface area (Å²) in [7, 11) is 4.78. The van der Waals surface area contributed by atoms with Gasteiger partial charge >= 0.3 is 0 Å². The summed E-state index contributed by atoms with van der Waals surface area (Å²) in [4.78, 5) is 0. The second-order valence-electron chi connectivity index (χ2n) is 4.25. The molecule has 1 aliphatic carbocycles. The van der Waals surface area contributed by atoms with Crippen molar-refractivity contribution in [1.82, 2.24) is 0 Å². The van der Waals surface area contributed by atoms with Crippen LogP contribution in [0.3, 0.4) is 0 Å². The Balaban J connectivity index is 2.40. The first-order chi connectivity index (χ1) is 8.69. The van der Waals surface area contributed by atoms with E-state index in [1.807, 2.05) is 24.3 Å². The molecule has 2 atom stereocenters. The van der Waals surface area contributed by atoms with Crippen LogP contribution in [0.25, 0.3) is 0 Å². The van der Waals surface area contributed by atoms with E-state index in [-0.39, 0.29) is 12.0 Å². The van der Waals surface area contributed by atoms with Crippen LogP contribution >= 0.6 is 0 Å². The van der Waals surface area contributed by atoms with Crippen molar-refractivity contribution < 1.29 is 19.3 Å². The van der Waals surface area contributed by atoms with E-state index >= 15 is 0 Å². The molecule has 0 aromatic heterocycles. The molecule has 0 heterocycles. The fraction of sp³-hybridized carbons (Fsp3) is 0.429. The number of aliphatic hydroxyl groups is 1. The lowest BCUT2D eigenvalue weighted by Gasteiger charge is -2.16. The van der Waals surface area contributed by atoms with Crippen molar-refractivity contribution in [2.75, 3.05) is 21.3 Å².